The van der Waals surface area contributed by atoms with Crippen molar-refractivity contribution in [2.45, 2.75) is 63.7 Å². The molecule has 0 aliphatic rings. The van der Waals surface area contributed by atoms with Crippen molar-refractivity contribution in [3.05, 3.63) is 71.9 Å². The standard InChI is InChI=1S/C31H41N5O5S/c1-4-19(2)27(36-28(37)23(32)16-20-10-6-5-7-11-20)30(39)34-25(14-15-42-3)29(38)35-26(31(40)41)17-21-18-33-24-13-9-8-12-22(21)24/h5-13,18-19,23,25-27,33H,4,14-17,32H2,1-3H3,(H,34,39)(H,35,38)(H,36,37)(H,40,41). The lowest BCUT2D eigenvalue weighted by atomic mass is 9.96. The second-order valence-corrected chi connectivity index (χ2v) is 11.5. The minimum Gasteiger partial charge on any atom is -0.480 e. The Morgan fingerprint density at radius 1 is 0.905 bits per heavy atom. The van der Waals surface area contributed by atoms with Gasteiger partial charge in [0.05, 0.1) is 6.04 Å². The van der Waals surface area contributed by atoms with E-state index in [4.69, 9.17) is 5.73 Å². The first-order chi connectivity index (χ1) is 20.1. The molecule has 10 nitrogen and oxygen atoms in total. The van der Waals surface area contributed by atoms with Crippen molar-refractivity contribution in [1.29, 1.82) is 0 Å². The van der Waals surface area contributed by atoms with Gasteiger partial charge in [0.2, 0.25) is 17.7 Å². The van der Waals surface area contributed by atoms with E-state index in [1.807, 2.05) is 74.7 Å². The van der Waals surface area contributed by atoms with Crippen molar-refractivity contribution >= 4 is 46.4 Å². The molecule has 0 bridgehead atoms. The second-order valence-electron chi connectivity index (χ2n) is 10.5. The Hall–Kier alpha value is -3.83. The highest BCUT2D eigenvalue weighted by Gasteiger charge is 2.32. The number of thioether (sulfide) groups is 1. The first-order valence-electron chi connectivity index (χ1n) is 14.1. The molecule has 5 atom stereocenters. The molecule has 2 aromatic carbocycles. The molecule has 0 aliphatic carbocycles. The number of carbonyl (C=O) groups is 4. The maximum absolute atomic E-state index is 13.5. The summed E-state index contributed by atoms with van der Waals surface area (Å²) in [7, 11) is 0. The summed E-state index contributed by atoms with van der Waals surface area (Å²) < 4.78 is 0. The number of aromatic nitrogens is 1. The van der Waals surface area contributed by atoms with Crippen LogP contribution in [0.2, 0.25) is 0 Å². The van der Waals surface area contributed by atoms with Crippen molar-refractivity contribution in [2.75, 3.05) is 12.0 Å². The van der Waals surface area contributed by atoms with Crippen LogP contribution in [0.1, 0.15) is 37.8 Å². The molecule has 3 amide bonds. The molecule has 5 unspecified atom stereocenters. The van der Waals surface area contributed by atoms with E-state index in [2.05, 4.69) is 20.9 Å². The van der Waals surface area contributed by atoms with Crippen LogP contribution < -0.4 is 21.7 Å². The van der Waals surface area contributed by atoms with E-state index in [9.17, 15) is 24.3 Å². The van der Waals surface area contributed by atoms with Crippen LogP contribution in [0.5, 0.6) is 0 Å². The fourth-order valence-corrected chi connectivity index (χ4v) is 5.15. The fraction of sp³-hybridized carbons (Fsp3) is 0.419. The first kappa shape index (κ1) is 32.7. The Kier molecular flexibility index (Phi) is 12.4. The number of rotatable bonds is 16. The number of nitrogens with one attached hydrogen (secondary N) is 4. The molecule has 0 fully saturated rings. The largest absolute Gasteiger partial charge is 0.480 e. The van der Waals surface area contributed by atoms with Gasteiger partial charge in [0.15, 0.2) is 0 Å². The quantitative estimate of drug-likeness (QED) is 0.148. The van der Waals surface area contributed by atoms with Gasteiger partial charge >= 0.3 is 5.97 Å². The number of carboxylic acids is 1. The van der Waals surface area contributed by atoms with Gasteiger partial charge in [-0.05, 0) is 48.0 Å². The van der Waals surface area contributed by atoms with Crippen LogP contribution >= 0.6 is 11.8 Å². The molecule has 0 saturated carbocycles. The highest BCUT2D eigenvalue weighted by molar-refractivity contribution is 7.98. The maximum atomic E-state index is 13.5. The first-order valence-corrected chi connectivity index (χ1v) is 15.5. The van der Waals surface area contributed by atoms with E-state index < -0.39 is 47.9 Å². The minimum atomic E-state index is -1.20. The molecule has 226 valence electrons. The Labute approximate surface area is 250 Å². The van der Waals surface area contributed by atoms with Crippen LogP contribution in [0.3, 0.4) is 0 Å². The summed E-state index contributed by atoms with van der Waals surface area (Å²) in [4.78, 5) is 55.1. The van der Waals surface area contributed by atoms with E-state index in [0.29, 0.717) is 18.6 Å². The van der Waals surface area contributed by atoms with E-state index in [1.165, 1.54) is 11.8 Å². The number of hydrogen-bond acceptors (Lipinski definition) is 6. The molecule has 1 heterocycles. The average molecular weight is 596 g/mol. The molecule has 0 spiro atoms. The number of carbonyl (C=O) groups excluding carboxylic acids is 3. The zero-order valence-electron chi connectivity index (χ0n) is 24.3. The lowest BCUT2D eigenvalue weighted by Gasteiger charge is -2.28. The lowest BCUT2D eigenvalue weighted by Crippen LogP contribution is -2.59. The number of aliphatic carboxylic acids is 1. The van der Waals surface area contributed by atoms with Crippen LogP contribution in [0, 0.1) is 5.92 Å². The summed E-state index contributed by atoms with van der Waals surface area (Å²) >= 11 is 1.50. The highest BCUT2D eigenvalue weighted by atomic mass is 32.2. The number of nitrogens with two attached hydrogens (primary N) is 1. The topological polar surface area (TPSA) is 166 Å². The third kappa shape index (κ3) is 9.09. The number of hydrogen-bond donors (Lipinski definition) is 6. The number of benzene rings is 2. The second kappa shape index (κ2) is 16.0. The van der Waals surface area contributed by atoms with E-state index in [-0.39, 0.29) is 18.8 Å². The van der Waals surface area contributed by atoms with Crippen LogP contribution in [0.4, 0.5) is 0 Å². The van der Waals surface area contributed by atoms with Gasteiger partial charge in [-0.15, -0.1) is 0 Å². The van der Waals surface area contributed by atoms with Gasteiger partial charge in [-0.1, -0.05) is 68.8 Å². The Morgan fingerprint density at radius 2 is 1.57 bits per heavy atom. The Bertz CT molecular complexity index is 1350. The predicted octanol–water partition coefficient (Wildman–Crippen LogP) is 2.62. The number of carboxylic acid groups (broad SMARTS) is 1. The van der Waals surface area contributed by atoms with Gasteiger partial charge in [0.1, 0.15) is 18.1 Å². The number of fused-ring (bicyclic) bond motifs is 1. The van der Waals surface area contributed by atoms with Crippen molar-refractivity contribution in [3.63, 3.8) is 0 Å². The smallest absolute Gasteiger partial charge is 0.326 e. The predicted molar refractivity (Wildman–Crippen MR) is 166 cm³/mol. The molecule has 7 N–H and O–H groups in total. The van der Waals surface area contributed by atoms with Crippen molar-refractivity contribution in [3.8, 4) is 0 Å². The van der Waals surface area contributed by atoms with Crippen LogP contribution in [0.15, 0.2) is 60.8 Å². The summed E-state index contributed by atoms with van der Waals surface area (Å²) in [6, 6.07) is 12.9. The van der Waals surface area contributed by atoms with Gasteiger partial charge in [0.25, 0.3) is 0 Å². The molecule has 11 heteroatoms. The molecule has 3 aromatic rings. The summed E-state index contributed by atoms with van der Waals surface area (Å²) in [5.41, 5.74) is 8.69. The maximum Gasteiger partial charge on any atom is 0.326 e. The third-order valence-corrected chi connectivity index (χ3v) is 8.03. The highest BCUT2D eigenvalue weighted by Crippen LogP contribution is 2.19. The monoisotopic (exact) mass is 595 g/mol. The molecule has 0 saturated heterocycles. The number of aromatic amines is 1. The number of H-pyrrole nitrogens is 1. The van der Waals surface area contributed by atoms with Crippen LogP contribution in [-0.4, -0.2) is 70.0 Å². The Morgan fingerprint density at radius 3 is 2.24 bits per heavy atom. The van der Waals surface area contributed by atoms with Crippen LogP contribution in [0.25, 0.3) is 10.9 Å². The summed E-state index contributed by atoms with van der Waals surface area (Å²) in [6.07, 6.45) is 4.88. The zero-order chi connectivity index (χ0) is 30.6. The number of para-hydroxylation sites is 1. The minimum absolute atomic E-state index is 0.0686. The van der Waals surface area contributed by atoms with Gasteiger partial charge in [-0.2, -0.15) is 11.8 Å². The molecular formula is C31H41N5O5S. The summed E-state index contributed by atoms with van der Waals surface area (Å²) in [5.74, 6) is -2.44. The molecule has 1 aromatic heterocycles. The average Bonchev–Trinajstić information content (AvgIpc) is 3.40. The summed E-state index contributed by atoms with van der Waals surface area (Å²) in [6.45, 7) is 3.74. The molecular weight excluding hydrogens is 554 g/mol. The van der Waals surface area contributed by atoms with E-state index >= 15 is 0 Å². The molecule has 3 rings (SSSR count). The molecule has 0 radical (unpaired) electrons. The Balaban J connectivity index is 1.71. The summed E-state index contributed by atoms with van der Waals surface area (Å²) in [5, 5.41) is 19.0. The number of amides is 3. The lowest BCUT2D eigenvalue weighted by molar-refractivity contribution is -0.142. The van der Waals surface area contributed by atoms with Crippen molar-refractivity contribution < 1.29 is 24.3 Å². The SMILES string of the molecule is CCC(C)C(NC(=O)C(N)Cc1ccccc1)C(=O)NC(CCSC)C(=O)NC(Cc1c[nH]c2ccccc12)C(=O)O. The third-order valence-electron chi connectivity index (χ3n) is 7.39. The molecule has 0 aliphatic heterocycles. The van der Waals surface area contributed by atoms with Gasteiger partial charge in [0, 0.05) is 23.5 Å². The zero-order valence-corrected chi connectivity index (χ0v) is 25.1. The van der Waals surface area contributed by atoms with E-state index in [1.54, 1.807) is 6.20 Å². The van der Waals surface area contributed by atoms with Crippen LogP contribution in [-0.2, 0) is 32.0 Å². The van der Waals surface area contributed by atoms with Crippen molar-refractivity contribution in [2.24, 2.45) is 11.7 Å². The fourth-order valence-electron chi connectivity index (χ4n) is 4.68. The van der Waals surface area contributed by atoms with Gasteiger partial charge in [-0.3, -0.25) is 14.4 Å². The van der Waals surface area contributed by atoms with Crippen molar-refractivity contribution in [1.82, 2.24) is 20.9 Å². The normalized spacial score (nSPS) is 14.8. The molecule has 42 heavy (non-hydrogen) atoms. The van der Waals surface area contributed by atoms with Gasteiger partial charge < -0.3 is 31.8 Å². The van der Waals surface area contributed by atoms with Gasteiger partial charge in [-0.25, -0.2) is 4.79 Å². The van der Waals surface area contributed by atoms with E-state index in [0.717, 1.165) is 22.0 Å².